The van der Waals surface area contributed by atoms with Gasteiger partial charge in [0.2, 0.25) is 11.8 Å². The van der Waals surface area contributed by atoms with Crippen molar-refractivity contribution in [1.82, 2.24) is 4.90 Å². The molecule has 0 spiro atoms. The van der Waals surface area contributed by atoms with Gasteiger partial charge in [0, 0.05) is 6.54 Å². The van der Waals surface area contributed by atoms with E-state index in [2.05, 4.69) is 0 Å². The van der Waals surface area contributed by atoms with Crippen LogP contribution in [-0.2, 0) is 9.59 Å². The number of nitrogens with zero attached hydrogens (tertiary/aromatic N) is 1. The zero-order valence-corrected chi connectivity index (χ0v) is 11.2. The van der Waals surface area contributed by atoms with Crippen molar-refractivity contribution in [2.24, 2.45) is 23.0 Å². The largest absolute Gasteiger partial charge is 0.328 e. The standard InChI is InChI=1S/C15H18N2O2/c1-15(2)11-12(15)14(19)17(13(11)18)10(8-16)9-6-4-3-5-7-9/h3-7,10-12H,8,16H2,1-2H3. The lowest BCUT2D eigenvalue weighted by Gasteiger charge is -2.29. The zero-order chi connectivity index (χ0) is 13.8. The van der Waals surface area contributed by atoms with E-state index >= 15 is 0 Å². The molecule has 100 valence electrons. The van der Waals surface area contributed by atoms with Crippen LogP contribution < -0.4 is 5.73 Å². The molecule has 0 radical (unpaired) electrons. The van der Waals surface area contributed by atoms with Crippen LogP contribution >= 0.6 is 0 Å². The van der Waals surface area contributed by atoms with Crippen LogP contribution in [0, 0.1) is 17.3 Å². The Balaban J connectivity index is 1.91. The molecule has 2 fully saturated rings. The van der Waals surface area contributed by atoms with Gasteiger partial charge in [-0.1, -0.05) is 44.2 Å². The SMILES string of the molecule is CC1(C)C2C(=O)N(C(CN)c3ccccc3)C(=O)C21. The summed E-state index contributed by atoms with van der Waals surface area (Å²) in [5.41, 5.74) is 6.55. The molecule has 3 atom stereocenters. The number of fused-ring (bicyclic) bond motifs is 1. The summed E-state index contributed by atoms with van der Waals surface area (Å²) in [4.78, 5) is 26.2. The third-order valence-corrected chi connectivity index (χ3v) is 4.55. The first-order chi connectivity index (χ1) is 9.00. The summed E-state index contributed by atoms with van der Waals surface area (Å²) in [6.45, 7) is 4.23. The number of imide groups is 1. The highest BCUT2D eigenvalue weighted by atomic mass is 16.2. The molecule has 1 aliphatic heterocycles. The fourth-order valence-corrected chi connectivity index (χ4v) is 3.34. The van der Waals surface area contributed by atoms with Gasteiger partial charge in [0.05, 0.1) is 17.9 Å². The predicted molar refractivity (Wildman–Crippen MR) is 70.9 cm³/mol. The second-order valence-electron chi connectivity index (χ2n) is 5.99. The summed E-state index contributed by atoms with van der Waals surface area (Å²) in [5.74, 6) is -0.394. The molecular formula is C15H18N2O2. The van der Waals surface area contributed by atoms with Crippen molar-refractivity contribution >= 4 is 11.8 Å². The molecule has 1 saturated heterocycles. The van der Waals surface area contributed by atoms with Crippen molar-refractivity contribution < 1.29 is 9.59 Å². The molecule has 3 rings (SSSR count). The number of rotatable bonds is 3. The molecule has 2 amide bonds. The van der Waals surface area contributed by atoms with Crippen molar-refractivity contribution in [3.63, 3.8) is 0 Å². The Kier molecular flexibility index (Phi) is 2.54. The molecule has 4 nitrogen and oxygen atoms in total. The van der Waals surface area contributed by atoms with E-state index in [-0.39, 0.29) is 41.7 Å². The molecule has 2 aliphatic rings. The molecule has 0 aromatic heterocycles. The highest BCUT2D eigenvalue weighted by Gasteiger charge is 2.73. The molecule has 1 saturated carbocycles. The molecule has 1 aromatic carbocycles. The molecular weight excluding hydrogens is 240 g/mol. The number of carbonyl (C=O) groups is 2. The lowest BCUT2D eigenvalue weighted by molar-refractivity contribution is -0.145. The van der Waals surface area contributed by atoms with Gasteiger partial charge < -0.3 is 5.73 Å². The maximum atomic E-state index is 12.4. The van der Waals surface area contributed by atoms with E-state index in [1.54, 1.807) is 0 Å². The third kappa shape index (κ3) is 1.56. The van der Waals surface area contributed by atoms with Crippen LogP contribution in [0.15, 0.2) is 30.3 Å². The smallest absolute Gasteiger partial charge is 0.234 e. The minimum absolute atomic E-state index is 0.0562. The summed E-state index contributed by atoms with van der Waals surface area (Å²) in [5, 5.41) is 0. The number of hydrogen-bond acceptors (Lipinski definition) is 3. The van der Waals surface area contributed by atoms with Crippen LogP contribution in [-0.4, -0.2) is 23.3 Å². The van der Waals surface area contributed by atoms with Gasteiger partial charge in [-0.15, -0.1) is 0 Å². The van der Waals surface area contributed by atoms with Gasteiger partial charge in [-0.3, -0.25) is 14.5 Å². The van der Waals surface area contributed by atoms with Gasteiger partial charge in [0.1, 0.15) is 0 Å². The van der Waals surface area contributed by atoms with Crippen molar-refractivity contribution in [2.75, 3.05) is 6.54 Å². The van der Waals surface area contributed by atoms with Crippen LogP contribution in [0.25, 0.3) is 0 Å². The van der Waals surface area contributed by atoms with Crippen LogP contribution in [0.5, 0.6) is 0 Å². The summed E-state index contributed by atoms with van der Waals surface area (Å²) in [7, 11) is 0. The first-order valence-electron chi connectivity index (χ1n) is 6.62. The number of piperidine rings is 1. The second-order valence-corrected chi connectivity index (χ2v) is 5.99. The molecule has 19 heavy (non-hydrogen) atoms. The number of likely N-dealkylation sites (tertiary alicyclic amines) is 1. The van der Waals surface area contributed by atoms with Crippen molar-refractivity contribution in [1.29, 1.82) is 0 Å². The van der Waals surface area contributed by atoms with Crippen LogP contribution in [0.1, 0.15) is 25.5 Å². The number of nitrogens with two attached hydrogens (primary N) is 1. The minimum atomic E-state index is -0.329. The summed E-state index contributed by atoms with van der Waals surface area (Å²) < 4.78 is 0. The van der Waals surface area contributed by atoms with E-state index in [0.29, 0.717) is 0 Å². The second kappa shape index (κ2) is 3.90. The van der Waals surface area contributed by atoms with E-state index in [1.807, 2.05) is 44.2 Å². The van der Waals surface area contributed by atoms with E-state index < -0.39 is 0 Å². The number of benzene rings is 1. The van der Waals surface area contributed by atoms with Gasteiger partial charge in [-0.05, 0) is 11.0 Å². The average Bonchev–Trinajstić information content (AvgIpc) is 2.86. The first kappa shape index (κ1) is 12.4. The van der Waals surface area contributed by atoms with Crippen molar-refractivity contribution in [3.05, 3.63) is 35.9 Å². The number of carbonyl (C=O) groups excluding carboxylic acids is 2. The molecule has 1 aliphatic carbocycles. The van der Waals surface area contributed by atoms with Crippen molar-refractivity contribution in [3.8, 4) is 0 Å². The maximum Gasteiger partial charge on any atom is 0.234 e. The Bertz CT molecular complexity index is 514. The average molecular weight is 258 g/mol. The molecule has 4 heteroatoms. The van der Waals surface area contributed by atoms with Crippen LogP contribution in [0.3, 0.4) is 0 Å². The fraction of sp³-hybridized carbons (Fsp3) is 0.467. The van der Waals surface area contributed by atoms with Gasteiger partial charge in [-0.25, -0.2) is 0 Å². The van der Waals surface area contributed by atoms with E-state index in [0.717, 1.165) is 5.56 Å². The van der Waals surface area contributed by atoms with Crippen LogP contribution in [0.2, 0.25) is 0 Å². The van der Waals surface area contributed by atoms with E-state index in [9.17, 15) is 9.59 Å². The van der Waals surface area contributed by atoms with E-state index in [4.69, 9.17) is 5.73 Å². The highest BCUT2D eigenvalue weighted by Crippen LogP contribution is 2.64. The first-order valence-corrected chi connectivity index (χ1v) is 6.62. The topological polar surface area (TPSA) is 63.4 Å². The number of hydrogen-bond donors (Lipinski definition) is 1. The summed E-state index contributed by atoms with van der Waals surface area (Å²) in [6, 6.07) is 9.19. The molecule has 2 N–H and O–H groups in total. The van der Waals surface area contributed by atoms with Gasteiger partial charge >= 0.3 is 0 Å². The third-order valence-electron chi connectivity index (χ3n) is 4.55. The Hall–Kier alpha value is -1.68. The van der Waals surface area contributed by atoms with Gasteiger partial charge in [0.15, 0.2) is 0 Å². The Morgan fingerprint density at radius 3 is 2.16 bits per heavy atom. The normalized spacial score (nSPS) is 29.3. The quantitative estimate of drug-likeness (QED) is 0.832. The Morgan fingerprint density at radius 1 is 1.16 bits per heavy atom. The maximum absolute atomic E-state index is 12.4. The van der Waals surface area contributed by atoms with Crippen LogP contribution in [0.4, 0.5) is 0 Å². The lowest BCUT2D eigenvalue weighted by atomic mass is 10.0. The zero-order valence-electron chi connectivity index (χ0n) is 11.2. The Labute approximate surface area is 112 Å². The minimum Gasteiger partial charge on any atom is -0.328 e. The lowest BCUT2D eigenvalue weighted by Crippen LogP contribution is -2.42. The van der Waals surface area contributed by atoms with Gasteiger partial charge in [0.25, 0.3) is 0 Å². The number of amides is 2. The molecule has 0 bridgehead atoms. The fourth-order valence-electron chi connectivity index (χ4n) is 3.34. The molecule has 1 aromatic rings. The molecule has 3 unspecified atom stereocenters. The summed E-state index contributed by atoms with van der Waals surface area (Å²) >= 11 is 0. The van der Waals surface area contributed by atoms with Crippen molar-refractivity contribution in [2.45, 2.75) is 19.9 Å². The van der Waals surface area contributed by atoms with E-state index in [1.165, 1.54) is 4.90 Å². The summed E-state index contributed by atoms with van der Waals surface area (Å²) in [6.07, 6.45) is 0. The molecule has 1 heterocycles. The Morgan fingerprint density at radius 2 is 1.68 bits per heavy atom. The monoisotopic (exact) mass is 258 g/mol. The van der Waals surface area contributed by atoms with Gasteiger partial charge in [-0.2, -0.15) is 0 Å². The predicted octanol–water partition coefficient (Wildman–Crippen LogP) is 1.33. The highest BCUT2D eigenvalue weighted by molar-refractivity contribution is 6.10.